The van der Waals surface area contributed by atoms with Crippen LogP contribution in [0.15, 0.2) is 0 Å². The molecule has 0 aromatic rings. The zero-order valence-corrected chi connectivity index (χ0v) is 11.7. The fraction of sp³-hybridized carbons (Fsp3) is 0.917. The number of piperidine rings is 2. The van der Waals surface area contributed by atoms with Crippen LogP contribution >= 0.6 is 0 Å². The lowest BCUT2D eigenvalue weighted by Gasteiger charge is -2.36. The van der Waals surface area contributed by atoms with Crippen molar-refractivity contribution in [1.29, 1.82) is 5.26 Å². The highest BCUT2D eigenvalue weighted by Crippen LogP contribution is 2.24. The van der Waals surface area contributed by atoms with E-state index in [4.69, 9.17) is 5.26 Å². The first-order valence-corrected chi connectivity index (χ1v) is 8.08. The smallest absolute Gasteiger partial charge is 0.198 e. The minimum Gasteiger partial charge on any atom is -0.198 e. The van der Waals surface area contributed by atoms with Crippen LogP contribution < -0.4 is 0 Å². The number of hydrogen-bond acceptors (Lipinski definition) is 3. The maximum absolute atomic E-state index is 12.5. The minimum absolute atomic E-state index is 0.0247. The molecule has 0 aliphatic carbocycles. The van der Waals surface area contributed by atoms with Gasteiger partial charge in [0.25, 0.3) is 10.2 Å². The summed E-state index contributed by atoms with van der Waals surface area (Å²) in [5.41, 5.74) is 0. The molecule has 0 bridgehead atoms. The first-order valence-electron chi connectivity index (χ1n) is 6.69. The average Bonchev–Trinajstić information content (AvgIpc) is 2.39. The van der Waals surface area contributed by atoms with Crippen LogP contribution in [-0.4, -0.2) is 43.2 Å². The van der Waals surface area contributed by atoms with Gasteiger partial charge in [-0.15, -0.1) is 0 Å². The van der Waals surface area contributed by atoms with Crippen molar-refractivity contribution in [2.24, 2.45) is 11.8 Å². The van der Waals surface area contributed by atoms with Crippen molar-refractivity contribution in [3.63, 3.8) is 0 Å². The maximum Gasteiger partial charge on any atom is 0.281 e. The summed E-state index contributed by atoms with van der Waals surface area (Å²) in [6.45, 7) is 4.37. The first-order chi connectivity index (χ1) is 8.54. The zero-order valence-electron chi connectivity index (χ0n) is 10.9. The van der Waals surface area contributed by atoms with Crippen molar-refractivity contribution in [2.45, 2.75) is 32.6 Å². The molecule has 0 aromatic heterocycles. The minimum atomic E-state index is -3.29. The molecule has 0 spiro atoms. The van der Waals surface area contributed by atoms with Gasteiger partial charge in [0, 0.05) is 32.1 Å². The van der Waals surface area contributed by atoms with Gasteiger partial charge in [-0.25, -0.2) is 0 Å². The zero-order chi connectivity index (χ0) is 13.2. The Hall–Kier alpha value is -0.640. The number of rotatable bonds is 2. The molecule has 0 aromatic carbocycles. The highest BCUT2D eigenvalue weighted by molar-refractivity contribution is 7.86. The predicted octanol–water partition coefficient (Wildman–Crippen LogP) is 1.20. The second-order valence-electron chi connectivity index (χ2n) is 5.42. The Morgan fingerprint density at radius 3 is 2.33 bits per heavy atom. The average molecular weight is 271 g/mol. The molecule has 102 valence electrons. The summed E-state index contributed by atoms with van der Waals surface area (Å²) < 4.78 is 28.1. The van der Waals surface area contributed by atoms with Crippen LogP contribution in [0, 0.1) is 23.2 Å². The molecular weight excluding hydrogens is 250 g/mol. The lowest BCUT2D eigenvalue weighted by Crippen LogP contribution is -2.49. The summed E-state index contributed by atoms with van der Waals surface area (Å²) in [6.07, 6.45) is 3.40. The summed E-state index contributed by atoms with van der Waals surface area (Å²) in [7, 11) is -3.29. The van der Waals surface area contributed by atoms with Crippen molar-refractivity contribution in [3.05, 3.63) is 0 Å². The van der Waals surface area contributed by atoms with E-state index in [1.54, 1.807) is 8.61 Å². The van der Waals surface area contributed by atoms with Crippen molar-refractivity contribution in [1.82, 2.24) is 8.61 Å². The fourth-order valence-corrected chi connectivity index (χ4v) is 4.54. The Labute approximate surface area is 110 Å². The van der Waals surface area contributed by atoms with Crippen molar-refractivity contribution < 1.29 is 8.42 Å². The van der Waals surface area contributed by atoms with Gasteiger partial charge in [0.15, 0.2) is 0 Å². The molecule has 2 heterocycles. The maximum atomic E-state index is 12.5. The van der Waals surface area contributed by atoms with Crippen molar-refractivity contribution in [3.8, 4) is 6.07 Å². The van der Waals surface area contributed by atoms with Crippen LogP contribution in [-0.2, 0) is 10.2 Å². The third kappa shape index (κ3) is 2.85. The highest BCUT2D eigenvalue weighted by Gasteiger charge is 2.34. The lowest BCUT2D eigenvalue weighted by molar-refractivity contribution is 0.239. The number of nitriles is 1. The first kappa shape index (κ1) is 13.8. The highest BCUT2D eigenvalue weighted by atomic mass is 32.2. The summed E-state index contributed by atoms with van der Waals surface area (Å²) in [5, 5.41) is 8.84. The molecule has 0 N–H and O–H groups in total. The molecule has 1 unspecified atom stereocenters. The van der Waals surface area contributed by atoms with Crippen LogP contribution in [0.25, 0.3) is 0 Å². The van der Waals surface area contributed by atoms with Gasteiger partial charge in [0.1, 0.15) is 0 Å². The molecular formula is C12H21N3O2S. The van der Waals surface area contributed by atoms with E-state index in [1.807, 2.05) is 0 Å². The quantitative estimate of drug-likeness (QED) is 0.758. The molecule has 1 atom stereocenters. The largest absolute Gasteiger partial charge is 0.281 e. The van der Waals surface area contributed by atoms with Gasteiger partial charge >= 0.3 is 0 Å². The van der Waals surface area contributed by atoms with E-state index >= 15 is 0 Å². The van der Waals surface area contributed by atoms with Crippen molar-refractivity contribution >= 4 is 10.2 Å². The molecule has 5 nitrogen and oxygen atoms in total. The topological polar surface area (TPSA) is 64.4 Å². The van der Waals surface area contributed by atoms with E-state index in [2.05, 4.69) is 13.0 Å². The van der Waals surface area contributed by atoms with E-state index in [-0.39, 0.29) is 5.92 Å². The van der Waals surface area contributed by atoms with Crippen LogP contribution in [0.5, 0.6) is 0 Å². The molecule has 0 amide bonds. The van der Waals surface area contributed by atoms with E-state index in [0.29, 0.717) is 44.9 Å². The molecule has 0 saturated carbocycles. The van der Waals surface area contributed by atoms with Gasteiger partial charge in [-0.2, -0.15) is 22.3 Å². The lowest BCUT2D eigenvalue weighted by atomic mass is 10.0. The molecule has 18 heavy (non-hydrogen) atoms. The second-order valence-corrected chi connectivity index (χ2v) is 7.34. The third-order valence-electron chi connectivity index (χ3n) is 3.91. The SMILES string of the molecule is CC1CCCN(S(=O)(=O)N2CCC(C#N)CC2)C1. The second kappa shape index (κ2) is 5.55. The van der Waals surface area contributed by atoms with Gasteiger partial charge in [0.2, 0.25) is 0 Å². The predicted molar refractivity (Wildman–Crippen MR) is 68.8 cm³/mol. The Bertz CT molecular complexity index is 421. The number of hydrogen-bond donors (Lipinski definition) is 0. The Kier molecular flexibility index (Phi) is 4.25. The molecule has 2 fully saturated rings. The van der Waals surface area contributed by atoms with Crippen LogP contribution in [0.1, 0.15) is 32.6 Å². The Morgan fingerprint density at radius 2 is 1.78 bits per heavy atom. The van der Waals surface area contributed by atoms with Gasteiger partial charge in [0.05, 0.1) is 6.07 Å². The standard InChI is InChI=1S/C12H21N3O2S/c1-11-3-2-6-15(10-11)18(16,17)14-7-4-12(9-13)5-8-14/h11-12H,2-8,10H2,1H3. The monoisotopic (exact) mass is 271 g/mol. The normalized spacial score (nSPS) is 29.0. The van der Waals surface area contributed by atoms with Gasteiger partial charge in [-0.1, -0.05) is 6.92 Å². The summed E-state index contributed by atoms with van der Waals surface area (Å²) in [4.78, 5) is 0. The van der Waals surface area contributed by atoms with Crippen LogP contribution in [0.2, 0.25) is 0 Å². The third-order valence-corrected chi connectivity index (χ3v) is 5.91. The summed E-state index contributed by atoms with van der Waals surface area (Å²) >= 11 is 0. The molecule has 2 rings (SSSR count). The molecule has 2 saturated heterocycles. The Balaban J connectivity index is 2.01. The molecule has 0 radical (unpaired) electrons. The van der Waals surface area contributed by atoms with E-state index in [0.717, 1.165) is 12.8 Å². The van der Waals surface area contributed by atoms with Crippen LogP contribution in [0.3, 0.4) is 0 Å². The van der Waals surface area contributed by atoms with E-state index < -0.39 is 10.2 Å². The van der Waals surface area contributed by atoms with Gasteiger partial charge in [-0.3, -0.25) is 0 Å². The van der Waals surface area contributed by atoms with E-state index in [1.165, 1.54) is 0 Å². The van der Waals surface area contributed by atoms with E-state index in [9.17, 15) is 8.42 Å². The van der Waals surface area contributed by atoms with Crippen LogP contribution in [0.4, 0.5) is 0 Å². The Morgan fingerprint density at radius 1 is 1.11 bits per heavy atom. The van der Waals surface area contributed by atoms with Gasteiger partial charge < -0.3 is 0 Å². The summed E-state index contributed by atoms with van der Waals surface area (Å²) in [6, 6.07) is 2.23. The molecule has 2 aliphatic rings. The summed E-state index contributed by atoms with van der Waals surface area (Å²) in [5.74, 6) is 0.474. The van der Waals surface area contributed by atoms with Crippen molar-refractivity contribution in [2.75, 3.05) is 26.2 Å². The van der Waals surface area contributed by atoms with Gasteiger partial charge in [-0.05, 0) is 31.6 Å². The molecule has 6 heteroatoms. The fourth-order valence-electron chi connectivity index (χ4n) is 2.73. The molecule has 2 aliphatic heterocycles. The number of nitrogens with zero attached hydrogens (tertiary/aromatic N) is 3.